The Morgan fingerprint density at radius 2 is 1.96 bits per heavy atom. The molecule has 2 aliphatic rings. The van der Waals surface area contributed by atoms with Crippen molar-refractivity contribution >= 4 is 21.7 Å². The van der Waals surface area contributed by atoms with Crippen LogP contribution >= 0.6 is 0 Å². The first kappa shape index (κ1) is 18.3. The summed E-state index contributed by atoms with van der Waals surface area (Å²) >= 11 is 0. The number of anilines is 2. The van der Waals surface area contributed by atoms with Crippen LogP contribution in [0.4, 0.5) is 11.6 Å². The Hall–Kier alpha value is -2.06. The molecule has 1 saturated carbocycles. The SMILES string of the molecule is Cc1nc2c(c(Nc3ccccn3)n1)CN(S(=O)(=O)C1CCCCC1)CC2. The summed E-state index contributed by atoms with van der Waals surface area (Å²) in [5, 5.41) is 3.00. The largest absolute Gasteiger partial charge is 0.325 e. The van der Waals surface area contributed by atoms with E-state index in [4.69, 9.17) is 0 Å². The molecule has 0 bridgehead atoms. The second-order valence-electron chi connectivity index (χ2n) is 7.27. The van der Waals surface area contributed by atoms with Gasteiger partial charge in [-0.15, -0.1) is 0 Å². The van der Waals surface area contributed by atoms with E-state index in [2.05, 4.69) is 20.3 Å². The maximum atomic E-state index is 13.1. The van der Waals surface area contributed by atoms with Crippen molar-refractivity contribution in [3.63, 3.8) is 0 Å². The fraction of sp³-hybridized carbons (Fsp3) is 0.526. The zero-order valence-corrected chi connectivity index (χ0v) is 16.4. The molecular formula is C19H25N5O2S. The Kier molecular flexibility index (Phi) is 5.10. The summed E-state index contributed by atoms with van der Waals surface area (Å²) in [7, 11) is -3.29. The molecule has 0 radical (unpaired) electrons. The van der Waals surface area contributed by atoms with Crippen molar-refractivity contribution in [2.24, 2.45) is 0 Å². The molecule has 0 aromatic carbocycles. The van der Waals surface area contributed by atoms with E-state index in [1.165, 1.54) is 0 Å². The zero-order chi connectivity index (χ0) is 18.9. The Morgan fingerprint density at radius 3 is 2.70 bits per heavy atom. The van der Waals surface area contributed by atoms with Crippen molar-refractivity contribution in [3.05, 3.63) is 41.5 Å². The van der Waals surface area contributed by atoms with Crippen LogP contribution in [0.3, 0.4) is 0 Å². The molecule has 0 saturated heterocycles. The smallest absolute Gasteiger partial charge is 0.217 e. The minimum absolute atomic E-state index is 0.244. The predicted molar refractivity (Wildman–Crippen MR) is 104 cm³/mol. The average molecular weight is 388 g/mol. The number of fused-ring (bicyclic) bond motifs is 1. The molecule has 144 valence electrons. The molecule has 4 rings (SSSR count). The van der Waals surface area contributed by atoms with Crippen LogP contribution in [0.25, 0.3) is 0 Å². The number of aromatic nitrogens is 3. The first-order valence-corrected chi connectivity index (χ1v) is 11.1. The lowest BCUT2D eigenvalue weighted by atomic mass is 10.0. The number of sulfonamides is 1. The van der Waals surface area contributed by atoms with Crippen molar-refractivity contribution in [2.75, 3.05) is 11.9 Å². The van der Waals surface area contributed by atoms with Gasteiger partial charge in [0.15, 0.2) is 0 Å². The van der Waals surface area contributed by atoms with Crippen molar-refractivity contribution in [3.8, 4) is 0 Å². The molecule has 7 nitrogen and oxygen atoms in total. The second-order valence-corrected chi connectivity index (χ2v) is 9.49. The summed E-state index contributed by atoms with van der Waals surface area (Å²) in [5.74, 6) is 2.01. The summed E-state index contributed by atoms with van der Waals surface area (Å²) in [5.41, 5.74) is 1.79. The molecule has 8 heteroatoms. The molecule has 1 N–H and O–H groups in total. The molecule has 27 heavy (non-hydrogen) atoms. The molecule has 2 aromatic heterocycles. The van der Waals surface area contributed by atoms with Gasteiger partial charge in [0.2, 0.25) is 10.0 Å². The highest BCUT2D eigenvalue weighted by molar-refractivity contribution is 7.89. The Bertz CT molecular complexity index is 911. The standard InChI is InChI=1S/C19H25N5O2S/c1-14-21-17-10-12-24(27(25,26)15-7-3-2-4-8-15)13-16(17)19(22-14)23-18-9-5-6-11-20-18/h5-6,9,11,15H,2-4,7-8,10,12-13H2,1H3,(H,20,21,22,23). The quantitative estimate of drug-likeness (QED) is 0.868. The van der Waals surface area contributed by atoms with Crippen LogP contribution in [0.2, 0.25) is 0 Å². The molecule has 0 atom stereocenters. The van der Waals surface area contributed by atoms with Crippen LogP contribution in [0.1, 0.15) is 49.2 Å². The Balaban J connectivity index is 1.63. The Morgan fingerprint density at radius 1 is 1.15 bits per heavy atom. The van der Waals surface area contributed by atoms with Crippen LogP contribution in [0, 0.1) is 6.92 Å². The molecule has 1 aliphatic heterocycles. The lowest BCUT2D eigenvalue weighted by molar-refractivity contribution is 0.368. The van der Waals surface area contributed by atoms with Gasteiger partial charge in [0.25, 0.3) is 0 Å². The number of aryl methyl sites for hydroxylation is 1. The van der Waals surface area contributed by atoms with Crippen molar-refractivity contribution in [1.29, 1.82) is 0 Å². The first-order valence-electron chi connectivity index (χ1n) is 9.57. The molecule has 1 aliphatic carbocycles. The van der Waals surface area contributed by atoms with E-state index in [9.17, 15) is 8.42 Å². The van der Waals surface area contributed by atoms with Gasteiger partial charge >= 0.3 is 0 Å². The van der Waals surface area contributed by atoms with Crippen LogP contribution < -0.4 is 5.32 Å². The van der Waals surface area contributed by atoms with Gasteiger partial charge in [0.05, 0.1) is 10.9 Å². The molecule has 3 heterocycles. The number of pyridine rings is 1. The fourth-order valence-electron chi connectivity index (χ4n) is 3.97. The highest BCUT2D eigenvalue weighted by Gasteiger charge is 2.36. The van der Waals surface area contributed by atoms with Gasteiger partial charge in [-0.2, -0.15) is 4.31 Å². The molecule has 1 fully saturated rings. The Labute approximate surface area is 160 Å². The number of nitrogens with one attached hydrogen (secondary N) is 1. The average Bonchev–Trinajstić information content (AvgIpc) is 2.69. The number of hydrogen-bond acceptors (Lipinski definition) is 6. The van der Waals surface area contributed by atoms with Crippen molar-refractivity contribution in [2.45, 2.75) is 57.2 Å². The van der Waals surface area contributed by atoms with Gasteiger partial charge in [-0.25, -0.2) is 23.4 Å². The topological polar surface area (TPSA) is 88.1 Å². The molecular weight excluding hydrogens is 362 g/mol. The summed E-state index contributed by atoms with van der Waals surface area (Å²) < 4.78 is 27.9. The highest BCUT2D eigenvalue weighted by atomic mass is 32.2. The minimum atomic E-state index is -3.29. The maximum Gasteiger partial charge on any atom is 0.217 e. The molecule has 0 spiro atoms. The zero-order valence-electron chi connectivity index (χ0n) is 15.6. The van der Waals surface area contributed by atoms with E-state index in [0.29, 0.717) is 37.0 Å². The predicted octanol–water partition coefficient (Wildman–Crippen LogP) is 2.94. The second kappa shape index (κ2) is 7.52. The minimum Gasteiger partial charge on any atom is -0.325 e. The van der Waals surface area contributed by atoms with Crippen molar-refractivity contribution in [1.82, 2.24) is 19.3 Å². The number of rotatable bonds is 4. The van der Waals surface area contributed by atoms with E-state index in [1.54, 1.807) is 10.5 Å². The van der Waals surface area contributed by atoms with E-state index in [0.717, 1.165) is 43.4 Å². The van der Waals surface area contributed by atoms with Gasteiger partial charge < -0.3 is 5.32 Å². The highest BCUT2D eigenvalue weighted by Crippen LogP contribution is 2.31. The number of hydrogen-bond donors (Lipinski definition) is 1. The number of nitrogens with zero attached hydrogens (tertiary/aromatic N) is 4. The molecule has 0 unspecified atom stereocenters. The summed E-state index contributed by atoms with van der Waals surface area (Å²) in [6.07, 6.45) is 7.01. The third kappa shape index (κ3) is 3.82. The molecule has 0 amide bonds. The van der Waals surface area contributed by atoms with Gasteiger partial charge in [-0.3, -0.25) is 0 Å². The third-order valence-electron chi connectivity index (χ3n) is 5.38. The van der Waals surface area contributed by atoms with Crippen LogP contribution in [0.5, 0.6) is 0 Å². The summed E-state index contributed by atoms with van der Waals surface area (Å²) in [4.78, 5) is 13.4. The summed E-state index contributed by atoms with van der Waals surface area (Å²) in [6.45, 7) is 2.67. The molecule has 2 aromatic rings. The van der Waals surface area contributed by atoms with Gasteiger partial charge in [0, 0.05) is 31.3 Å². The van der Waals surface area contributed by atoms with E-state index in [-0.39, 0.29) is 5.25 Å². The van der Waals surface area contributed by atoms with E-state index in [1.807, 2.05) is 25.1 Å². The first-order chi connectivity index (χ1) is 13.0. The normalized spacial score (nSPS) is 18.9. The lowest BCUT2D eigenvalue weighted by Crippen LogP contribution is -2.43. The third-order valence-corrected chi connectivity index (χ3v) is 7.73. The monoisotopic (exact) mass is 387 g/mol. The lowest BCUT2D eigenvalue weighted by Gasteiger charge is -2.33. The van der Waals surface area contributed by atoms with Gasteiger partial charge in [0.1, 0.15) is 17.5 Å². The fourth-order valence-corrected chi connectivity index (χ4v) is 5.97. The van der Waals surface area contributed by atoms with Crippen LogP contribution in [0.15, 0.2) is 24.4 Å². The van der Waals surface area contributed by atoms with E-state index >= 15 is 0 Å². The van der Waals surface area contributed by atoms with E-state index < -0.39 is 10.0 Å². The summed E-state index contributed by atoms with van der Waals surface area (Å²) in [6, 6.07) is 5.61. The van der Waals surface area contributed by atoms with Crippen molar-refractivity contribution < 1.29 is 8.42 Å². The van der Waals surface area contributed by atoms with Gasteiger partial charge in [-0.05, 0) is 31.9 Å². The maximum absolute atomic E-state index is 13.1. The van der Waals surface area contributed by atoms with Crippen LogP contribution in [-0.2, 0) is 23.0 Å². The van der Waals surface area contributed by atoms with Crippen LogP contribution in [-0.4, -0.2) is 39.5 Å². The van der Waals surface area contributed by atoms with Gasteiger partial charge in [-0.1, -0.05) is 25.3 Å².